The van der Waals surface area contributed by atoms with Crippen molar-refractivity contribution in [1.29, 1.82) is 0 Å². The molecular weight excluding hydrogens is 118 g/mol. The van der Waals surface area contributed by atoms with Crippen molar-refractivity contribution in [2.24, 2.45) is 0 Å². The van der Waals surface area contributed by atoms with E-state index in [4.69, 9.17) is 0 Å². The number of carbonyl (C=O) groups excluding carboxylic acids is 1. The highest BCUT2D eigenvalue weighted by atomic mass is 16.1. The quantitative estimate of drug-likeness (QED) is 0.450. The van der Waals surface area contributed by atoms with E-state index in [1.54, 1.807) is 0 Å². The number of carbonyl (C=O) groups is 1. The van der Waals surface area contributed by atoms with Gasteiger partial charge in [0.25, 0.3) is 0 Å². The topological polar surface area (TPSA) is 58.6 Å². The molecule has 0 aromatic carbocycles. The molecule has 1 N–H and O–H groups in total. The second kappa shape index (κ2) is 2.21. The minimum absolute atomic E-state index is 0.227. The monoisotopic (exact) mass is 123 g/mol. The molecule has 0 atom stereocenters. The Kier molecular flexibility index (Phi) is 1.40. The van der Waals surface area contributed by atoms with E-state index in [9.17, 15) is 4.79 Å². The van der Waals surface area contributed by atoms with Gasteiger partial charge in [0.2, 0.25) is 5.78 Å². The smallest absolute Gasteiger partial charge is 0.221 e. The molecule has 1 rings (SSSR count). The zero-order valence-corrected chi connectivity index (χ0v) is 4.66. The standard InChI is InChI=1S/C5H5N3O/c1-2-4(9)5-6-3-7-8-5/h2-3H,1H2,(H,6,7,8). The number of allylic oxidation sites excluding steroid dienone is 1. The molecule has 0 saturated heterocycles. The van der Waals surface area contributed by atoms with E-state index in [2.05, 4.69) is 21.8 Å². The highest BCUT2D eigenvalue weighted by Crippen LogP contribution is 1.86. The second-order valence-corrected chi connectivity index (χ2v) is 1.40. The number of aromatic amines is 1. The van der Waals surface area contributed by atoms with E-state index < -0.39 is 0 Å². The van der Waals surface area contributed by atoms with Crippen molar-refractivity contribution < 1.29 is 4.79 Å². The van der Waals surface area contributed by atoms with Gasteiger partial charge in [-0.1, -0.05) is 6.58 Å². The Morgan fingerprint density at radius 1 is 1.89 bits per heavy atom. The van der Waals surface area contributed by atoms with Gasteiger partial charge < -0.3 is 0 Å². The molecule has 0 aliphatic heterocycles. The predicted molar refractivity (Wildman–Crippen MR) is 30.9 cm³/mol. The number of ketones is 1. The Morgan fingerprint density at radius 3 is 3.11 bits per heavy atom. The van der Waals surface area contributed by atoms with Crippen LogP contribution in [0.25, 0.3) is 0 Å². The molecule has 1 heterocycles. The van der Waals surface area contributed by atoms with Crippen molar-refractivity contribution in [2.75, 3.05) is 0 Å². The van der Waals surface area contributed by atoms with Crippen molar-refractivity contribution >= 4 is 5.78 Å². The van der Waals surface area contributed by atoms with Crippen LogP contribution in [0.3, 0.4) is 0 Å². The lowest BCUT2D eigenvalue weighted by Gasteiger charge is -1.80. The lowest BCUT2D eigenvalue weighted by molar-refractivity contribution is 0.103. The van der Waals surface area contributed by atoms with Crippen LogP contribution in [0.15, 0.2) is 19.0 Å². The van der Waals surface area contributed by atoms with Gasteiger partial charge in [-0.05, 0) is 6.08 Å². The maximum absolute atomic E-state index is 10.6. The summed E-state index contributed by atoms with van der Waals surface area (Å²) in [6, 6.07) is 0. The Balaban J connectivity index is 2.89. The van der Waals surface area contributed by atoms with Crippen molar-refractivity contribution in [2.45, 2.75) is 0 Å². The number of hydrogen-bond donors (Lipinski definition) is 1. The van der Waals surface area contributed by atoms with E-state index >= 15 is 0 Å². The summed E-state index contributed by atoms with van der Waals surface area (Å²) < 4.78 is 0. The summed E-state index contributed by atoms with van der Waals surface area (Å²) in [6.07, 6.45) is 2.46. The molecule has 1 aromatic heterocycles. The van der Waals surface area contributed by atoms with Crippen molar-refractivity contribution in [3.05, 3.63) is 24.8 Å². The Morgan fingerprint density at radius 2 is 2.67 bits per heavy atom. The molecule has 46 valence electrons. The molecule has 0 saturated carbocycles. The fourth-order valence-corrected chi connectivity index (χ4v) is 0.421. The van der Waals surface area contributed by atoms with E-state index in [1.165, 1.54) is 12.4 Å². The summed E-state index contributed by atoms with van der Waals surface area (Å²) in [5.74, 6) is -0.0162. The third kappa shape index (κ3) is 1.02. The van der Waals surface area contributed by atoms with Gasteiger partial charge >= 0.3 is 0 Å². The van der Waals surface area contributed by atoms with Gasteiger partial charge in [-0.3, -0.25) is 9.89 Å². The first-order valence-corrected chi connectivity index (χ1v) is 2.36. The Bertz CT molecular complexity index is 214. The van der Waals surface area contributed by atoms with Crippen LogP contribution in [0, 0.1) is 0 Å². The third-order valence-electron chi connectivity index (χ3n) is 0.834. The highest BCUT2D eigenvalue weighted by Gasteiger charge is 2.00. The molecular formula is C5H5N3O. The molecule has 0 bridgehead atoms. The molecule has 0 amide bonds. The van der Waals surface area contributed by atoms with Crippen molar-refractivity contribution in [1.82, 2.24) is 15.2 Å². The lowest BCUT2D eigenvalue weighted by atomic mass is 10.4. The number of nitrogens with one attached hydrogen (secondary N) is 1. The van der Waals surface area contributed by atoms with Crippen molar-refractivity contribution in [3.8, 4) is 0 Å². The number of aromatic nitrogens is 3. The zero-order chi connectivity index (χ0) is 6.69. The van der Waals surface area contributed by atoms with Crippen LogP contribution in [0.4, 0.5) is 0 Å². The first-order chi connectivity index (χ1) is 4.34. The average Bonchev–Trinajstić information content (AvgIpc) is 2.37. The number of rotatable bonds is 2. The largest absolute Gasteiger partial charge is 0.286 e. The van der Waals surface area contributed by atoms with Gasteiger partial charge in [0.05, 0.1) is 0 Å². The summed E-state index contributed by atoms with van der Waals surface area (Å²) in [5.41, 5.74) is 0. The molecule has 4 heteroatoms. The molecule has 0 radical (unpaired) electrons. The van der Waals surface area contributed by atoms with Crippen LogP contribution in [0.2, 0.25) is 0 Å². The molecule has 4 nitrogen and oxygen atoms in total. The molecule has 0 unspecified atom stereocenters. The Labute approximate surface area is 51.6 Å². The molecule has 0 aliphatic carbocycles. The van der Waals surface area contributed by atoms with Crippen molar-refractivity contribution in [3.63, 3.8) is 0 Å². The number of H-pyrrole nitrogens is 1. The molecule has 0 fully saturated rings. The van der Waals surface area contributed by atoms with Gasteiger partial charge in [0, 0.05) is 0 Å². The van der Waals surface area contributed by atoms with Crippen LogP contribution in [0.1, 0.15) is 10.6 Å². The van der Waals surface area contributed by atoms with Gasteiger partial charge in [0.1, 0.15) is 6.33 Å². The summed E-state index contributed by atoms with van der Waals surface area (Å²) >= 11 is 0. The maximum atomic E-state index is 10.6. The van der Waals surface area contributed by atoms with E-state index in [1.807, 2.05) is 0 Å². The fourth-order valence-electron chi connectivity index (χ4n) is 0.421. The Hall–Kier alpha value is -1.45. The normalized spacial score (nSPS) is 8.89. The van der Waals surface area contributed by atoms with Crippen LogP contribution in [-0.2, 0) is 0 Å². The second-order valence-electron chi connectivity index (χ2n) is 1.40. The summed E-state index contributed by atoms with van der Waals surface area (Å²) in [6.45, 7) is 3.28. The molecule has 1 aromatic rings. The van der Waals surface area contributed by atoms with Gasteiger partial charge in [0.15, 0.2) is 5.82 Å². The SMILES string of the molecule is C=CC(=O)c1ncn[nH]1. The minimum Gasteiger partial charge on any atom is -0.286 e. The van der Waals surface area contributed by atoms with Crippen LogP contribution >= 0.6 is 0 Å². The van der Waals surface area contributed by atoms with E-state index in [-0.39, 0.29) is 11.6 Å². The van der Waals surface area contributed by atoms with E-state index in [0.717, 1.165) is 0 Å². The van der Waals surface area contributed by atoms with Crippen LogP contribution in [0.5, 0.6) is 0 Å². The molecule has 0 spiro atoms. The van der Waals surface area contributed by atoms with Crippen LogP contribution in [-0.4, -0.2) is 21.0 Å². The third-order valence-corrected chi connectivity index (χ3v) is 0.834. The minimum atomic E-state index is -0.243. The summed E-state index contributed by atoms with van der Waals surface area (Å²) in [7, 11) is 0. The number of nitrogens with zero attached hydrogens (tertiary/aromatic N) is 2. The lowest BCUT2D eigenvalue weighted by Crippen LogP contribution is -1.95. The molecule has 9 heavy (non-hydrogen) atoms. The summed E-state index contributed by atoms with van der Waals surface area (Å²) in [4.78, 5) is 14.2. The number of hydrogen-bond acceptors (Lipinski definition) is 3. The first-order valence-electron chi connectivity index (χ1n) is 2.36. The van der Waals surface area contributed by atoms with E-state index in [0.29, 0.717) is 0 Å². The van der Waals surface area contributed by atoms with Crippen LogP contribution < -0.4 is 0 Å². The summed E-state index contributed by atoms with van der Waals surface area (Å²) in [5, 5.41) is 5.89. The highest BCUT2D eigenvalue weighted by molar-refractivity contribution is 6.00. The maximum Gasteiger partial charge on any atom is 0.221 e. The van der Waals surface area contributed by atoms with Gasteiger partial charge in [-0.15, -0.1) is 0 Å². The predicted octanol–water partition coefficient (Wildman–Crippen LogP) is 0.173. The first kappa shape index (κ1) is 5.68. The molecule has 0 aliphatic rings. The van der Waals surface area contributed by atoms with Gasteiger partial charge in [-0.25, -0.2) is 4.98 Å². The van der Waals surface area contributed by atoms with Gasteiger partial charge in [-0.2, -0.15) is 5.10 Å². The average molecular weight is 123 g/mol. The fraction of sp³-hybridized carbons (Fsp3) is 0. The zero-order valence-electron chi connectivity index (χ0n) is 4.66.